The van der Waals surface area contributed by atoms with E-state index in [0.717, 1.165) is 49.7 Å². The molecule has 1 aromatic heterocycles. The molecule has 1 unspecified atom stereocenters. The van der Waals surface area contributed by atoms with E-state index in [9.17, 15) is 4.79 Å². The van der Waals surface area contributed by atoms with Gasteiger partial charge in [0.1, 0.15) is 5.82 Å². The molecule has 1 aliphatic rings. The second-order valence-electron chi connectivity index (χ2n) is 6.27. The monoisotopic (exact) mass is 290 g/mol. The van der Waals surface area contributed by atoms with Crippen LogP contribution in [0, 0.1) is 25.7 Å². The summed E-state index contributed by atoms with van der Waals surface area (Å²) in [5.74, 6) is 1.67. The van der Waals surface area contributed by atoms with Crippen LogP contribution in [0.1, 0.15) is 38.1 Å². The molecule has 1 N–H and O–H groups in total. The number of amides is 1. The van der Waals surface area contributed by atoms with Gasteiger partial charge in [0.25, 0.3) is 0 Å². The van der Waals surface area contributed by atoms with Gasteiger partial charge in [-0.25, -0.2) is 4.98 Å². The molecule has 1 atom stereocenters. The Morgan fingerprint density at radius 3 is 2.95 bits per heavy atom. The fourth-order valence-electron chi connectivity index (χ4n) is 2.70. The van der Waals surface area contributed by atoms with Gasteiger partial charge < -0.3 is 10.2 Å². The van der Waals surface area contributed by atoms with Crippen LogP contribution in [-0.4, -0.2) is 35.5 Å². The van der Waals surface area contributed by atoms with E-state index in [0.29, 0.717) is 5.92 Å². The van der Waals surface area contributed by atoms with Crippen molar-refractivity contribution in [3.63, 3.8) is 0 Å². The van der Waals surface area contributed by atoms with Crippen molar-refractivity contribution in [2.24, 2.45) is 11.8 Å². The Balaban J connectivity index is 1.97. The summed E-state index contributed by atoms with van der Waals surface area (Å²) in [4.78, 5) is 23.0. The predicted molar refractivity (Wildman–Crippen MR) is 84.3 cm³/mol. The molecule has 116 valence electrons. The Morgan fingerprint density at radius 1 is 1.48 bits per heavy atom. The first kappa shape index (κ1) is 15.7. The topological polar surface area (TPSA) is 58.1 Å². The van der Waals surface area contributed by atoms with Crippen LogP contribution in [0.3, 0.4) is 0 Å². The van der Waals surface area contributed by atoms with Crippen LogP contribution in [0.4, 0.5) is 5.82 Å². The maximum absolute atomic E-state index is 11.7. The summed E-state index contributed by atoms with van der Waals surface area (Å²) in [7, 11) is 0. The first-order chi connectivity index (χ1) is 9.97. The lowest BCUT2D eigenvalue weighted by Crippen LogP contribution is -2.42. The number of carbonyl (C=O) groups is 1. The Kier molecular flexibility index (Phi) is 5.15. The summed E-state index contributed by atoms with van der Waals surface area (Å²) in [6.07, 6.45) is 4.10. The van der Waals surface area contributed by atoms with E-state index in [-0.39, 0.29) is 11.8 Å². The van der Waals surface area contributed by atoms with Crippen molar-refractivity contribution in [3.8, 4) is 0 Å². The van der Waals surface area contributed by atoms with Crippen LogP contribution in [0.5, 0.6) is 0 Å². The second-order valence-corrected chi connectivity index (χ2v) is 6.27. The molecule has 0 spiro atoms. The van der Waals surface area contributed by atoms with Gasteiger partial charge in [0, 0.05) is 31.7 Å². The first-order valence-electron chi connectivity index (χ1n) is 7.80. The smallest absolute Gasteiger partial charge is 0.222 e. The lowest BCUT2D eigenvalue weighted by atomic mass is 9.97. The van der Waals surface area contributed by atoms with Crippen molar-refractivity contribution in [2.45, 2.75) is 40.5 Å². The minimum Gasteiger partial charge on any atom is -0.356 e. The van der Waals surface area contributed by atoms with E-state index >= 15 is 0 Å². The van der Waals surface area contributed by atoms with E-state index in [1.807, 2.05) is 33.9 Å². The number of hydrogen-bond acceptors (Lipinski definition) is 4. The average Bonchev–Trinajstić information content (AvgIpc) is 2.47. The van der Waals surface area contributed by atoms with E-state index in [4.69, 9.17) is 0 Å². The fourth-order valence-corrected chi connectivity index (χ4v) is 2.70. The molecule has 1 amide bonds. The second kappa shape index (κ2) is 6.87. The largest absolute Gasteiger partial charge is 0.356 e. The van der Waals surface area contributed by atoms with Crippen LogP contribution in [-0.2, 0) is 4.79 Å². The molecule has 21 heavy (non-hydrogen) atoms. The van der Waals surface area contributed by atoms with E-state index in [1.165, 1.54) is 0 Å². The third kappa shape index (κ3) is 4.16. The zero-order valence-corrected chi connectivity index (χ0v) is 13.5. The summed E-state index contributed by atoms with van der Waals surface area (Å²) in [6, 6.07) is 0. The van der Waals surface area contributed by atoms with Gasteiger partial charge in [-0.2, -0.15) is 0 Å². The quantitative estimate of drug-likeness (QED) is 0.922. The highest BCUT2D eigenvalue weighted by molar-refractivity contribution is 5.77. The van der Waals surface area contributed by atoms with Crippen molar-refractivity contribution < 1.29 is 4.79 Å². The Bertz CT molecular complexity index is 501. The molecule has 1 fully saturated rings. The fraction of sp³-hybridized carbons (Fsp3) is 0.688. The Hall–Kier alpha value is -1.65. The maximum Gasteiger partial charge on any atom is 0.222 e. The van der Waals surface area contributed by atoms with Crippen LogP contribution in [0.25, 0.3) is 0 Å². The third-order valence-corrected chi connectivity index (χ3v) is 3.96. The lowest BCUT2D eigenvalue weighted by Gasteiger charge is -2.34. The molecule has 5 heteroatoms. The van der Waals surface area contributed by atoms with Gasteiger partial charge in [-0.3, -0.25) is 9.78 Å². The normalized spacial score (nSPS) is 18.9. The molecule has 2 rings (SSSR count). The van der Waals surface area contributed by atoms with Crippen LogP contribution < -0.4 is 10.2 Å². The average molecular weight is 290 g/mol. The zero-order valence-electron chi connectivity index (χ0n) is 13.5. The number of aryl methyl sites for hydroxylation is 2. The van der Waals surface area contributed by atoms with E-state index < -0.39 is 0 Å². The number of piperidine rings is 1. The van der Waals surface area contributed by atoms with Crippen molar-refractivity contribution in [2.75, 3.05) is 24.5 Å². The summed E-state index contributed by atoms with van der Waals surface area (Å²) in [5.41, 5.74) is 1.93. The standard InChI is InChI=1S/C16H26N4O/c1-11(2)16(21)18-9-14-6-5-7-20(10-14)15-13(4)17-8-12(3)19-15/h8,11,14H,5-7,9-10H2,1-4H3,(H,18,21). The van der Waals surface area contributed by atoms with E-state index in [2.05, 4.69) is 20.2 Å². The highest BCUT2D eigenvalue weighted by atomic mass is 16.1. The van der Waals surface area contributed by atoms with Gasteiger partial charge in [-0.05, 0) is 32.6 Å². The molecule has 1 saturated heterocycles. The number of hydrogen-bond donors (Lipinski definition) is 1. The maximum atomic E-state index is 11.7. The zero-order chi connectivity index (χ0) is 15.4. The summed E-state index contributed by atoms with van der Waals surface area (Å²) in [6.45, 7) is 10.5. The summed E-state index contributed by atoms with van der Waals surface area (Å²) >= 11 is 0. The van der Waals surface area contributed by atoms with Gasteiger partial charge in [-0.15, -0.1) is 0 Å². The molecule has 2 heterocycles. The molecule has 1 aliphatic heterocycles. The van der Waals surface area contributed by atoms with E-state index in [1.54, 1.807) is 0 Å². The van der Waals surface area contributed by atoms with Crippen LogP contribution in [0.15, 0.2) is 6.20 Å². The number of aromatic nitrogens is 2. The van der Waals surface area contributed by atoms with Crippen molar-refractivity contribution in [3.05, 3.63) is 17.6 Å². The summed E-state index contributed by atoms with van der Waals surface area (Å²) in [5, 5.41) is 3.05. The molecule has 0 saturated carbocycles. The third-order valence-electron chi connectivity index (χ3n) is 3.96. The Labute approximate surface area is 127 Å². The first-order valence-corrected chi connectivity index (χ1v) is 7.80. The van der Waals surface area contributed by atoms with Gasteiger partial charge in [0.05, 0.1) is 11.4 Å². The van der Waals surface area contributed by atoms with Crippen LogP contribution in [0.2, 0.25) is 0 Å². The predicted octanol–water partition coefficient (Wildman–Crippen LogP) is 2.08. The number of nitrogens with one attached hydrogen (secondary N) is 1. The van der Waals surface area contributed by atoms with Crippen molar-refractivity contribution >= 4 is 11.7 Å². The molecule has 0 bridgehead atoms. The molecule has 0 radical (unpaired) electrons. The lowest BCUT2D eigenvalue weighted by molar-refractivity contribution is -0.124. The van der Waals surface area contributed by atoms with Gasteiger partial charge in [-0.1, -0.05) is 13.8 Å². The van der Waals surface area contributed by atoms with Gasteiger partial charge in [0.2, 0.25) is 5.91 Å². The Morgan fingerprint density at radius 2 is 2.24 bits per heavy atom. The SMILES string of the molecule is Cc1cnc(C)c(N2CCCC(CNC(=O)C(C)C)C2)n1. The van der Waals surface area contributed by atoms with Crippen molar-refractivity contribution in [1.29, 1.82) is 0 Å². The molecule has 0 aromatic carbocycles. The molecule has 1 aromatic rings. The number of carbonyl (C=O) groups excluding carboxylic acids is 1. The minimum absolute atomic E-state index is 0.0505. The summed E-state index contributed by atoms with van der Waals surface area (Å²) < 4.78 is 0. The molecule has 5 nitrogen and oxygen atoms in total. The number of nitrogens with zero attached hydrogens (tertiary/aromatic N) is 3. The minimum atomic E-state index is 0.0505. The molecular formula is C16H26N4O. The van der Waals surface area contributed by atoms with Crippen LogP contribution >= 0.6 is 0 Å². The number of anilines is 1. The highest BCUT2D eigenvalue weighted by Gasteiger charge is 2.23. The van der Waals surface area contributed by atoms with Crippen molar-refractivity contribution in [1.82, 2.24) is 15.3 Å². The molecular weight excluding hydrogens is 264 g/mol. The van der Waals surface area contributed by atoms with Gasteiger partial charge >= 0.3 is 0 Å². The number of rotatable bonds is 4. The highest BCUT2D eigenvalue weighted by Crippen LogP contribution is 2.23. The molecule has 0 aliphatic carbocycles. The van der Waals surface area contributed by atoms with Gasteiger partial charge in [0.15, 0.2) is 0 Å².